The van der Waals surface area contributed by atoms with Crippen molar-refractivity contribution in [2.24, 2.45) is 0 Å². The average molecular weight is 180 g/mol. The number of rotatable bonds is 6. The van der Waals surface area contributed by atoms with Crippen molar-refractivity contribution in [3.8, 4) is 0 Å². The van der Waals surface area contributed by atoms with Crippen molar-refractivity contribution in [2.45, 2.75) is 32.2 Å². The van der Waals surface area contributed by atoms with Crippen molar-refractivity contribution in [1.29, 1.82) is 0 Å². The molecule has 4 nitrogen and oxygen atoms in total. The van der Waals surface area contributed by atoms with Crippen molar-refractivity contribution in [2.75, 3.05) is 6.61 Å². The van der Waals surface area contributed by atoms with Gasteiger partial charge in [-0.25, -0.2) is 4.72 Å². The Morgan fingerprint density at radius 2 is 2.27 bits per heavy atom. The molecule has 11 heavy (non-hydrogen) atoms. The first-order chi connectivity index (χ1) is 5.20. The van der Waals surface area contributed by atoms with Crippen molar-refractivity contribution < 1.29 is 13.9 Å². The minimum absolute atomic E-state index is 0.0227. The van der Waals surface area contributed by atoms with E-state index in [1.807, 2.05) is 6.92 Å². The lowest BCUT2D eigenvalue weighted by molar-refractivity contribution is 0.268. The maximum atomic E-state index is 10.2. The molecule has 0 saturated heterocycles. The van der Waals surface area contributed by atoms with Crippen LogP contribution in [0.5, 0.6) is 0 Å². The zero-order valence-corrected chi connectivity index (χ0v) is 7.39. The third-order valence-electron chi connectivity index (χ3n) is 1.38. The summed E-state index contributed by atoms with van der Waals surface area (Å²) in [6.45, 7) is 1.99. The van der Waals surface area contributed by atoms with Crippen LogP contribution in [0.1, 0.15) is 26.2 Å². The minimum atomic E-state index is -2.21. The topological polar surface area (TPSA) is 72.4 Å². The van der Waals surface area contributed by atoms with Crippen molar-refractivity contribution in [3.63, 3.8) is 0 Å². The summed E-state index contributed by atoms with van der Waals surface area (Å²) < 4.78 is 22.7. The Bertz CT molecular complexity index is 114. The molecule has 0 aliphatic heterocycles. The van der Waals surface area contributed by atoms with Crippen LogP contribution in [0.4, 0.5) is 0 Å². The Balaban J connectivity index is 3.59. The summed E-state index contributed by atoms with van der Waals surface area (Å²) in [5.41, 5.74) is 0. The second-order valence-electron chi connectivity index (χ2n) is 2.35. The van der Waals surface area contributed by atoms with E-state index < -0.39 is 11.3 Å². The van der Waals surface area contributed by atoms with E-state index in [1.165, 1.54) is 0 Å². The van der Waals surface area contributed by atoms with Gasteiger partial charge in [-0.2, -0.15) is 0 Å². The molecular weight excluding hydrogens is 166 g/mol. The molecule has 0 aliphatic rings. The van der Waals surface area contributed by atoms with Crippen LogP contribution >= 0.6 is 0 Å². The number of aliphatic hydroxyl groups excluding tert-OH is 1. The molecule has 0 fully saturated rings. The number of hydrogen-bond acceptors (Lipinski definition) is 3. The van der Waals surface area contributed by atoms with Crippen LogP contribution in [0, 0.1) is 0 Å². The van der Waals surface area contributed by atoms with Gasteiger partial charge in [-0.1, -0.05) is 13.3 Å². The van der Waals surface area contributed by atoms with E-state index in [0.717, 1.165) is 12.8 Å². The molecule has 0 aromatic heterocycles. The Kier molecular flexibility index (Phi) is 6.74. The summed E-state index contributed by atoms with van der Waals surface area (Å²) in [6.07, 6.45) is 2.17. The smallest absolute Gasteiger partial charge is 0.0446 e. The van der Waals surface area contributed by atoms with E-state index in [4.69, 9.17) is 5.11 Å². The summed E-state index contributed by atoms with van der Waals surface area (Å²) in [7, 11) is 0. The predicted octanol–water partition coefficient (Wildman–Crippen LogP) is -0.0788. The zero-order valence-electron chi connectivity index (χ0n) is 6.58. The molecule has 0 aliphatic carbocycles. The SMILES string of the molecule is CCCC(CCO)NS(=O)[O-]. The Morgan fingerprint density at radius 1 is 1.64 bits per heavy atom. The maximum Gasteiger partial charge on any atom is 0.0446 e. The van der Waals surface area contributed by atoms with Crippen LogP contribution in [0.2, 0.25) is 0 Å². The monoisotopic (exact) mass is 180 g/mol. The van der Waals surface area contributed by atoms with E-state index in [2.05, 4.69) is 4.72 Å². The van der Waals surface area contributed by atoms with Gasteiger partial charge in [-0.15, -0.1) is 0 Å². The van der Waals surface area contributed by atoms with E-state index in [0.29, 0.717) is 6.42 Å². The van der Waals surface area contributed by atoms with E-state index in [-0.39, 0.29) is 12.6 Å². The van der Waals surface area contributed by atoms with Gasteiger partial charge in [0.25, 0.3) is 0 Å². The van der Waals surface area contributed by atoms with Crippen LogP contribution in [-0.4, -0.2) is 26.5 Å². The van der Waals surface area contributed by atoms with Crippen molar-refractivity contribution >= 4 is 11.3 Å². The summed E-state index contributed by atoms with van der Waals surface area (Å²) in [6, 6.07) is -0.108. The molecule has 0 saturated carbocycles. The quantitative estimate of drug-likeness (QED) is 0.562. The molecule has 2 N–H and O–H groups in total. The van der Waals surface area contributed by atoms with Gasteiger partial charge in [0, 0.05) is 23.9 Å². The second kappa shape index (κ2) is 6.72. The Morgan fingerprint density at radius 3 is 2.64 bits per heavy atom. The van der Waals surface area contributed by atoms with Gasteiger partial charge in [0.1, 0.15) is 0 Å². The van der Waals surface area contributed by atoms with Gasteiger partial charge in [0.05, 0.1) is 0 Å². The molecule has 0 aromatic rings. The molecule has 0 radical (unpaired) electrons. The third kappa shape index (κ3) is 6.43. The first kappa shape index (κ1) is 11.0. The van der Waals surface area contributed by atoms with Crippen molar-refractivity contribution in [1.82, 2.24) is 4.72 Å². The zero-order chi connectivity index (χ0) is 8.69. The lowest BCUT2D eigenvalue weighted by Crippen LogP contribution is -2.31. The molecule has 0 aromatic carbocycles. The average Bonchev–Trinajstić information content (AvgIpc) is 1.87. The van der Waals surface area contributed by atoms with E-state index in [1.54, 1.807) is 0 Å². The highest BCUT2D eigenvalue weighted by atomic mass is 32.2. The fourth-order valence-electron chi connectivity index (χ4n) is 0.903. The predicted molar refractivity (Wildman–Crippen MR) is 42.5 cm³/mol. The van der Waals surface area contributed by atoms with E-state index in [9.17, 15) is 8.76 Å². The fourth-order valence-corrected chi connectivity index (χ4v) is 1.41. The third-order valence-corrected chi connectivity index (χ3v) is 1.90. The van der Waals surface area contributed by atoms with Gasteiger partial charge in [0.15, 0.2) is 0 Å². The number of aliphatic hydroxyl groups is 1. The van der Waals surface area contributed by atoms with Crippen LogP contribution in [0.25, 0.3) is 0 Å². The minimum Gasteiger partial charge on any atom is -0.760 e. The molecule has 2 unspecified atom stereocenters. The summed E-state index contributed by atoms with van der Waals surface area (Å²) in [5.74, 6) is 0. The maximum absolute atomic E-state index is 10.2. The van der Waals surface area contributed by atoms with Crippen LogP contribution < -0.4 is 4.72 Å². The molecular formula is C6H14NO3S-. The van der Waals surface area contributed by atoms with Gasteiger partial charge in [-0.05, 0) is 12.8 Å². The summed E-state index contributed by atoms with van der Waals surface area (Å²) in [4.78, 5) is 0. The summed E-state index contributed by atoms with van der Waals surface area (Å²) >= 11 is -2.21. The standard InChI is InChI=1S/C6H15NO3S/c1-2-3-6(4-5-8)7-11(9)10/h6-8H,2-5H2,1H3,(H,9,10)/p-1. The van der Waals surface area contributed by atoms with Gasteiger partial charge >= 0.3 is 0 Å². The van der Waals surface area contributed by atoms with Gasteiger partial charge < -0.3 is 9.66 Å². The number of hydrogen-bond donors (Lipinski definition) is 2. The second-order valence-corrected chi connectivity index (χ2v) is 3.06. The Hall–Kier alpha value is 0.0300. The lowest BCUT2D eigenvalue weighted by atomic mass is 10.1. The molecule has 0 heterocycles. The fraction of sp³-hybridized carbons (Fsp3) is 1.00. The molecule has 0 rings (SSSR count). The first-order valence-corrected chi connectivity index (χ1v) is 4.74. The highest BCUT2D eigenvalue weighted by Crippen LogP contribution is 2.00. The largest absolute Gasteiger partial charge is 0.760 e. The van der Waals surface area contributed by atoms with E-state index >= 15 is 0 Å². The molecule has 2 atom stereocenters. The molecule has 0 amide bonds. The van der Waals surface area contributed by atoms with Gasteiger partial charge in [0.2, 0.25) is 0 Å². The lowest BCUT2D eigenvalue weighted by Gasteiger charge is -2.17. The highest BCUT2D eigenvalue weighted by Gasteiger charge is 2.04. The molecule has 0 spiro atoms. The van der Waals surface area contributed by atoms with Crippen LogP contribution in [0.3, 0.4) is 0 Å². The number of nitrogens with one attached hydrogen (secondary N) is 1. The molecule has 68 valence electrons. The van der Waals surface area contributed by atoms with Crippen LogP contribution in [0.15, 0.2) is 0 Å². The Labute approximate surface area is 69.4 Å². The van der Waals surface area contributed by atoms with Gasteiger partial charge in [-0.3, -0.25) is 4.21 Å². The van der Waals surface area contributed by atoms with Crippen LogP contribution in [-0.2, 0) is 11.3 Å². The first-order valence-electron chi connectivity index (χ1n) is 3.67. The summed E-state index contributed by atoms with van der Waals surface area (Å²) in [5, 5.41) is 8.54. The normalized spacial score (nSPS) is 16.3. The van der Waals surface area contributed by atoms with Crippen molar-refractivity contribution in [3.05, 3.63) is 0 Å². The molecule has 5 heteroatoms. The highest BCUT2D eigenvalue weighted by molar-refractivity contribution is 7.77. The molecule has 0 bridgehead atoms.